The van der Waals surface area contributed by atoms with Crippen molar-refractivity contribution in [1.29, 1.82) is 0 Å². The molecule has 0 rings (SSSR count). The number of nitrogens with one attached hydrogen (secondary N) is 1. The first-order valence-corrected chi connectivity index (χ1v) is 13.2. The third-order valence-corrected chi connectivity index (χ3v) is 7.60. The minimum absolute atomic E-state index is 0. The van der Waals surface area contributed by atoms with Crippen LogP contribution in [-0.4, -0.2) is 16.5 Å². The van der Waals surface area contributed by atoms with E-state index in [0.29, 0.717) is 0 Å². The fraction of sp³-hybridized carbons (Fsp3) is 0.917. The van der Waals surface area contributed by atoms with E-state index >= 15 is 0 Å². The molecule has 0 bridgehead atoms. The summed E-state index contributed by atoms with van der Waals surface area (Å²) < 4.78 is 3.74. The van der Waals surface area contributed by atoms with Gasteiger partial charge in [0, 0.05) is 0 Å². The molecule has 0 saturated heterocycles. The third kappa shape index (κ3) is 29.4. The first-order valence-electron chi connectivity index (χ1n) is 6.21. The first-order chi connectivity index (χ1) is 6.62. The monoisotopic (exact) mass is 253 g/mol. The van der Waals surface area contributed by atoms with E-state index in [9.17, 15) is 0 Å². The van der Waals surface area contributed by atoms with Gasteiger partial charge >= 0.3 is 18.9 Å². The standard InChI is InChI=1S/C6H19NSi2.C6H13.Li/c1-8(2,3)7-9(4,5)6;1-3-5-6-4-2;/h7H,1-6H3;1,3-6H2,2H3;/q;-1;+1. The van der Waals surface area contributed by atoms with Gasteiger partial charge in [0.15, 0.2) is 0 Å². The number of hydrogen-bond donors (Lipinski definition) is 1. The SMILES string of the molecule is C[Si](C)(C)N[Si](C)(C)C.[CH2-]CCCCC.[Li+]. The number of rotatable bonds is 5. The van der Waals surface area contributed by atoms with Crippen molar-refractivity contribution in [2.45, 2.75) is 71.9 Å². The average molecular weight is 254 g/mol. The molecule has 0 aliphatic heterocycles. The second kappa shape index (κ2) is 11.1. The first kappa shape index (κ1) is 22.2. The van der Waals surface area contributed by atoms with Gasteiger partial charge < -0.3 is 11.6 Å². The van der Waals surface area contributed by atoms with E-state index in [1.54, 1.807) is 0 Å². The van der Waals surface area contributed by atoms with Gasteiger partial charge in [-0.1, -0.05) is 65.5 Å². The maximum absolute atomic E-state index is 3.74. The van der Waals surface area contributed by atoms with Crippen molar-refractivity contribution in [3.63, 3.8) is 0 Å². The van der Waals surface area contributed by atoms with Crippen molar-refractivity contribution in [2.24, 2.45) is 0 Å². The molecule has 0 heterocycles. The minimum Gasteiger partial charge on any atom is -0.360 e. The fourth-order valence-corrected chi connectivity index (χ4v) is 10.6. The predicted molar refractivity (Wildman–Crippen MR) is 79.3 cm³/mol. The van der Waals surface area contributed by atoms with Crippen molar-refractivity contribution in [3.05, 3.63) is 6.92 Å². The molecule has 0 radical (unpaired) electrons. The molecule has 0 fully saturated rings. The molecular weight excluding hydrogens is 221 g/mol. The van der Waals surface area contributed by atoms with Crippen LogP contribution in [0.5, 0.6) is 0 Å². The van der Waals surface area contributed by atoms with E-state index in [2.05, 4.69) is 57.8 Å². The summed E-state index contributed by atoms with van der Waals surface area (Å²) in [6.45, 7) is 20.0. The van der Waals surface area contributed by atoms with Gasteiger partial charge in [-0.05, 0) is 0 Å². The molecular formula is C12H32LiNSi2. The van der Waals surface area contributed by atoms with E-state index in [0.717, 1.165) is 6.42 Å². The van der Waals surface area contributed by atoms with Gasteiger partial charge in [-0.3, -0.25) is 0 Å². The molecule has 0 aromatic carbocycles. The van der Waals surface area contributed by atoms with Gasteiger partial charge in [0.05, 0.1) is 0 Å². The molecule has 0 amide bonds. The molecule has 94 valence electrons. The molecule has 0 atom stereocenters. The fourth-order valence-electron chi connectivity index (χ4n) is 1.55. The van der Waals surface area contributed by atoms with Crippen LogP contribution in [-0.2, 0) is 0 Å². The second-order valence-corrected chi connectivity index (χ2v) is 16.2. The van der Waals surface area contributed by atoms with E-state index in [1.165, 1.54) is 19.3 Å². The number of unbranched alkanes of at least 4 members (excludes halogenated alkanes) is 3. The molecule has 0 aromatic heterocycles. The Morgan fingerprint density at radius 3 is 1.31 bits per heavy atom. The molecule has 0 aliphatic carbocycles. The normalized spacial score (nSPS) is 11.2. The van der Waals surface area contributed by atoms with Crippen LogP contribution >= 0.6 is 0 Å². The van der Waals surface area contributed by atoms with Gasteiger partial charge in [-0.15, -0.1) is 0 Å². The zero-order valence-electron chi connectivity index (χ0n) is 13.0. The van der Waals surface area contributed by atoms with Crippen LogP contribution in [0.2, 0.25) is 39.3 Å². The molecule has 0 unspecified atom stereocenters. The van der Waals surface area contributed by atoms with Crippen LogP contribution in [0.1, 0.15) is 32.6 Å². The van der Waals surface area contributed by atoms with Gasteiger partial charge in [0.1, 0.15) is 16.5 Å². The molecule has 0 saturated carbocycles. The summed E-state index contributed by atoms with van der Waals surface area (Å²) in [5.41, 5.74) is 0. The summed E-state index contributed by atoms with van der Waals surface area (Å²) in [6.07, 6.45) is 5.07. The summed E-state index contributed by atoms with van der Waals surface area (Å²) in [5.74, 6) is 0. The van der Waals surface area contributed by atoms with Gasteiger partial charge in [0.25, 0.3) is 0 Å². The summed E-state index contributed by atoms with van der Waals surface area (Å²) in [6, 6.07) is 0. The van der Waals surface area contributed by atoms with Crippen LogP contribution in [0.25, 0.3) is 0 Å². The second-order valence-electron chi connectivity index (χ2n) is 6.19. The van der Waals surface area contributed by atoms with Crippen LogP contribution in [0, 0.1) is 6.92 Å². The molecule has 0 aromatic rings. The Hall–Kier alpha value is 0.991. The van der Waals surface area contributed by atoms with Crippen molar-refractivity contribution >= 4 is 16.5 Å². The molecule has 0 spiro atoms. The van der Waals surface area contributed by atoms with Crippen LogP contribution in [0.15, 0.2) is 0 Å². The molecule has 4 heteroatoms. The third-order valence-electron chi connectivity index (χ3n) is 1.60. The van der Waals surface area contributed by atoms with Crippen LogP contribution < -0.4 is 23.5 Å². The van der Waals surface area contributed by atoms with E-state index in [-0.39, 0.29) is 18.9 Å². The molecule has 1 nitrogen and oxygen atoms in total. The van der Waals surface area contributed by atoms with Crippen molar-refractivity contribution < 1.29 is 18.9 Å². The summed E-state index contributed by atoms with van der Waals surface area (Å²) >= 11 is 0. The quantitative estimate of drug-likeness (QED) is 0.446. The largest absolute Gasteiger partial charge is 1.00 e. The Morgan fingerprint density at radius 2 is 1.25 bits per heavy atom. The molecule has 1 N–H and O–H groups in total. The van der Waals surface area contributed by atoms with E-state index in [1.807, 2.05) is 0 Å². The predicted octanol–water partition coefficient (Wildman–Crippen LogP) is 1.65. The van der Waals surface area contributed by atoms with Gasteiger partial charge in [0.2, 0.25) is 0 Å². The molecule has 16 heavy (non-hydrogen) atoms. The summed E-state index contributed by atoms with van der Waals surface area (Å²) in [5, 5.41) is 0. The average Bonchev–Trinajstić information content (AvgIpc) is 1.94. The molecule has 0 aliphatic rings. The minimum atomic E-state index is -0.981. The van der Waals surface area contributed by atoms with Crippen molar-refractivity contribution in [1.82, 2.24) is 4.65 Å². The maximum Gasteiger partial charge on any atom is 1.00 e. The van der Waals surface area contributed by atoms with Gasteiger partial charge in [-0.25, -0.2) is 0 Å². The van der Waals surface area contributed by atoms with E-state index < -0.39 is 16.5 Å². The van der Waals surface area contributed by atoms with Gasteiger partial charge in [-0.2, -0.15) is 6.42 Å². The Labute approximate surface area is 119 Å². The van der Waals surface area contributed by atoms with Crippen LogP contribution in [0.4, 0.5) is 0 Å². The van der Waals surface area contributed by atoms with E-state index in [4.69, 9.17) is 0 Å². The van der Waals surface area contributed by atoms with Crippen LogP contribution in [0.3, 0.4) is 0 Å². The Kier molecular flexibility index (Phi) is 15.4. The Morgan fingerprint density at radius 1 is 0.875 bits per heavy atom. The topological polar surface area (TPSA) is 12.0 Å². The summed E-state index contributed by atoms with van der Waals surface area (Å²) in [7, 11) is -1.96. The smallest absolute Gasteiger partial charge is 0.360 e. The number of hydrogen-bond acceptors (Lipinski definition) is 1. The maximum atomic E-state index is 3.74. The van der Waals surface area contributed by atoms with Crippen molar-refractivity contribution in [2.75, 3.05) is 0 Å². The summed E-state index contributed by atoms with van der Waals surface area (Å²) in [4.78, 5) is 0. The zero-order valence-corrected chi connectivity index (χ0v) is 15.0. The van der Waals surface area contributed by atoms with Crippen molar-refractivity contribution in [3.8, 4) is 0 Å². The Balaban J connectivity index is -0.000000214. The zero-order chi connectivity index (χ0) is 12.5. The Bertz CT molecular complexity index is 123.